The van der Waals surface area contributed by atoms with E-state index >= 15 is 0 Å². The molecule has 1 aromatic carbocycles. The first kappa shape index (κ1) is 25.1. The number of benzene rings is 1. The van der Waals surface area contributed by atoms with E-state index in [2.05, 4.69) is 35.3 Å². The molecule has 0 aliphatic heterocycles. The Bertz CT molecular complexity index is 1330. The number of nitrogens with one attached hydrogen (secondary N) is 1. The van der Waals surface area contributed by atoms with Gasteiger partial charge in [0.2, 0.25) is 0 Å². The van der Waals surface area contributed by atoms with E-state index in [4.69, 9.17) is 0 Å². The third-order valence-corrected chi connectivity index (χ3v) is 5.65. The van der Waals surface area contributed by atoms with Crippen LogP contribution in [-0.4, -0.2) is 42.2 Å². The number of carbonyl (C=O) groups excluding carboxylic acids is 1. The van der Waals surface area contributed by atoms with E-state index in [9.17, 15) is 18.0 Å². The van der Waals surface area contributed by atoms with Gasteiger partial charge in [0, 0.05) is 36.1 Å². The summed E-state index contributed by atoms with van der Waals surface area (Å²) in [6.45, 7) is 3.96. The van der Waals surface area contributed by atoms with E-state index in [0.717, 1.165) is 29.1 Å². The summed E-state index contributed by atoms with van der Waals surface area (Å²) in [5.41, 5.74) is 3.36. The van der Waals surface area contributed by atoms with E-state index in [1.165, 1.54) is 28.6 Å². The van der Waals surface area contributed by atoms with Crippen LogP contribution in [0.15, 0.2) is 60.0 Å². The highest BCUT2D eigenvalue weighted by Crippen LogP contribution is 2.26. The molecule has 0 spiro atoms. The Morgan fingerprint density at radius 1 is 1.06 bits per heavy atom. The lowest BCUT2D eigenvalue weighted by molar-refractivity contribution is -0.274. The van der Waals surface area contributed by atoms with Crippen molar-refractivity contribution >= 4 is 17.7 Å². The summed E-state index contributed by atoms with van der Waals surface area (Å²) in [4.78, 5) is 25.7. The summed E-state index contributed by atoms with van der Waals surface area (Å²) in [6.07, 6.45) is -1.56. The van der Waals surface area contributed by atoms with Gasteiger partial charge in [-0.1, -0.05) is 17.0 Å². The second-order valence-corrected chi connectivity index (χ2v) is 8.54. The molecule has 13 heteroatoms. The number of nitrogens with zero attached hydrogens (tertiary/aromatic N) is 6. The lowest BCUT2D eigenvalue weighted by Crippen LogP contribution is -2.24. The first-order chi connectivity index (χ1) is 17.2. The van der Waals surface area contributed by atoms with E-state index in [-0.39, 0.29) is 23.7 Å². The summed E-state index contributed by atoms with van der Waals surface area (Å²) in [5.74, 6) is -0.595. The molecule has 3 aromatic heterocycles. The van der Waals surface area contributed by atoms with Crippen LogP contribution in [-0.2, 0) is 12.3 Å². The molecule has 186 valence electrons. The third-order valence-electron chi connectivity index (χ3n) is 4.80. The molecule has 0 atom stereocenters. The summed E-state index contributed by atoms with van der Waals surface area (Å²) in [5, 5.41) is 11.5. The molecule has 9 nitrogen and oxygen atoms in total. The molecule has 0 aliphatic carbocycles. The minimum atomic E-state index is -4.80. The van der Waals surface area contributed by atoms with Gasteiger partial charge < -0.3 is 10.1 Å². The number of halogens is 3. The predicted octanol–water partition coefficient (Wildman–Crippen LogP) is 4.19. The molecule has 3 heterocycles. The number of carbonyl (C=O) groups is 1. The molecular weight excluding hydrogens is 495 g/mol. The quantitative estimate of drug-likeness (QED) is 0.275. The summed E-state index contributed by atoms with van der Waals surface area (Å²) >= 11 is 1.29. The fourth-order valence-electron chi connectivity index (χ4n) is 3.26. The number of rotatable bonds is 8. The number of hydrogen-bond acceptors (Lipinski definition) is 8. The Balaban J connectivity index is 1.61. The molecule has 36 heavy (non-hydrogen) atoms. The van der Waals surface area contributed by atoms with E-state index < -0.39 is 12.3 Å². The number of pyridine rings is 1. The van der Waals surface area contributed by atoms with Crippen LogP contribution in [0.2, 0.25) is 0 Å². The molecule has 0 saturated carbocycles. The molecule has 0 bridgehead atoms. The van der Waals surface area contributed by atoms with Gasteiger partial charge in [-0.15, -0.1) is 18.3 Å². The van der Waals surface area contributed by atoms with Crippen LogP contribution in [0.25, 0.3) is 5.69 Å². The van der Waals surface area contributed by atoms with Crippen LogP contribution in [0.3, 0.4) is 0 Å². The van der Waals surface area contributed by atoms with Crippen LogP contribution in [0, 0.1) is 13.8 Å². The normalized spacial score (nSPS) is 11.4. The van der Waals surface area contributed by atoms with Crippen molar-refractivity contribution in [3.8, 4) is 11.4 Å². The van der Waals surface area contributed by atoms with Gasteiger partial charge in [0.15, 0.2) is 10.9 Å². The summed E-state index contributed by atoms with van der Waals surface area (Å²) in [7, 11) is 0. The van der Waals surface area contributed by atoms with Crippen molar-refractivity contribution in [2.24, 2.45) is 0 Å². The number of alkyl halides is 3. The fraction of sp³-hybridized carbons (Fsp3) is 0.217. The average molecular weight is 516 g/mol. The highest BCUT2D eigenvalue weighted by atomic mass is 32.2. The van der Waals surface area contributed by atoms with Gasteiger partial charge in [-0.05, 0) is 61.9 Å². The first-order valence-corrected chi connectivity index (χ1v) is 11.6. The first-order valence-electron chi connectivity index (χ1n) is 10.6. The molecule has 0 unspecified atom stereocenters. The lowest BCUT2D eigenvalue weighted by atomic mass is 10.2. The van der Waals surface area contributed by atoms with Gasteiger partial charge in [0.1, 0.15) is 5.75 Å². The van der Waals surface area contributed by atoms with Crippen LogP contribution < -0.4 is 10.1 Å². The Hall–Kier alpha value is -4.00. The maximum Gasteiger partial charge on any atom is 0.573 e. The minimum Gasteiger partial charge on any atom is -0.406 e. The number of amides is 1. The number of aromatic nitrogens is 6. The Morgan fingerprint density at radius 2 is 1.72 bits per heavy atom. The number of aryl methyl sites for hydroxylation is 2. The van der Waals surface area contributed by atoms with Crippen molar-refractivity contribution < 1.29 is 22.7 Å². The van der Waals surface area contributed by atoms with Crippen molar-refractivity contribution in [2.75, 3.05) is 0 Å². The van der Waals surface area contributed by atoms with E-state index in [0.29, 0.717) is 16.5 Å². The predicted molar refractivity (Wildman–Crippen MR) is 125 cm³/mol. The molecule has 0 fully saturated rings. The zero-order valence-corrected chi connectivity index (χ0v) is 20.0. The lowest BCUT2D eigenvalue weighted by Gasteiger charge is -2.11. The maximum absolute atomic E-state index is 13.0. The van der Waals surface area contributed by atoms with Gasteiger partial charge in [-0.25, -0.2) is 14.6 Å². The van der Waals surface area contributed by atoms with E-state index in [1.807, 2.05) is 19.9 Å². The zero-order chi connectivity index (χ0) is 25.7. The van der Waals surface area contributed by atoms with Crippen molar-refractivity contribution in [3.63, 3.8) is 0 Å². The number of thioether (sulfide) groups is 1. The van der Waals surface area contributed by atoms with Gasteiger partial charge >= 0.3 is 6.36 Å². The minimum absolute atomic E-state index is 0.0801. The highest BCUT2D eigenvalue weighted by Gasteiger charge is 2.31. The van der Waals surface area contributed by atoms with Crippen molar-refractivity contribution in [2.45, 2.75) is 37.7 Å². The summed E-state index contributed by atoms with van der Waals surface area (Å²) in [6, 6.07) is 10.5. The third kappa shape index (κ3) is 6.56. The smallest absolute Gasteiger partial charge is 0.406 e. The number of ether oxygens (including phenoxy) is 1. The SMILES string of the molecule is Cc1cc(C)nc(SCc2c(C(=O)NCc3ccncc3)nnn2-c2ccc(OC(F)(F)F)cc2)n1. The average Bonchev–Trinajstić information content (AvgIpc) is 3.25. The molecule has 0 saturated heterocycles. The molecule has 1 N–H and O–H groups in total. The molecule has 1 amide bonds. The molecule has 0 aliphatic rings. The van der Waals surface area contributed by atoms with Gasteiger partial charge in [0.25, 0.3) is 5.91 Å². The molecule has 4 aromatic rings. The second-order valence-electron chi connectivity index (χ2n) is 7.60. The molecule has 0 radical (unpaired) electrons. The Labute approximate surface area is 208 Å². The van der Waals surface area contributed by atoms with E-state index in [1.54, 1.807) is 24.5 Å². The van der Waals surface area contributed by atoms with Crippen molar-refractivity contribution in [1.29, 1.82) is 0 Å². The maximum atomic E-state index is 13.0. The van der Waals surface area contributed by atoms with Crippen LogP contribution in [0.5, 0.6) is 5.75 Å². The Morgan fingerprint density at radius 3 is 2.36 bits per heavy atom. The van der Waals surface area contributed by atoms with Crippen LogP contribution in [0.1, 0.15) is 33.1 Å². The molecular formula is C23H20F3N7O2S. The van der Waals surface area contributed by atoms with Gasteiger partial charge in [-0.3, -0.25) is 9.78 Å². The second kappa shape index (κ2) is 10.7. The molecule has 4 rings (SSSR count). The van der Waals surface area contributed by atoms with Crippen LogP contribution in [0.4, 0.5) is 13.2 Å². The zero-order valence-electron chi connectivity index (χ0n) is 19.2. The largest absolute Gasteiger partial charge is 0.573 e. The van der Waals surface area contributed by atoms with Crippen molar-refractivity contribution in [1.82, 2.24) is 35.3 Å². The van der Waals surface area contributed by atoms with Crippen molar-refractivity contribution in [3.05, 3.63) is 83.2 Å². The van der Waals surface area contributed by atoms with Gasteiger partial charge in [-0.2, -0.15) is 0 Å². The Kier molecular flexibility index (Phi) is 7.48. The standard InChI is InChI=1S/C23H20F3N7O2S/c1-14-11-15(2)30-22(29-14)36-13-19-20(21(34)28-12-16-7-9-27-10-8-16)31-32-33(19)17-3-5-18(6-4-17)35-23(24,25)26/h3-11H,12-13H2,1-2H3,(H,28,34). The highest BCUT2D eigenvalue weighted by molar-refractivity contribution is 7.98. The van der Waals surface area contributed by atoms with Gasteiger partial charge in [0.05, 0.1) is 11.4 Å². The number of hydrogen-bond donors (Lipinski definition) is 1. The van der Waals surface area contributed by atoms with Crippen LogP contribution >= 0.6 is 11.8 Å². The topological polar surface area (TPSA) is 108 Å². The summed E-state index contributed by atoms with van der Waals surface area (Å²) < 4.78 is 42.9. The fourth-order valence-corrected chi connectivity index (χ4v) is 4.20. The monoisotopic (exact) mass is 515 g/mol.